The molecule has 0 spiro atoms. The lowest BCUT2D eigenvalue weighted by molar-refractivity contribution is 0.800. The number of para-hydroxylation sites is 1. The number of benzene rings is 2. The Kier molecular flexibility index (Phi) is 3.66. The average Bonchev–Trinajstić information content (AvgIpc) is 2.97. The lowest BCUT2D eigenvalue weighted by Crippen LogP contribution is -2.18. The standard InChI is InChI=1S/C17H11BrN4OS/c18-11-5-6-14-13(7-11)10(8-19-14)9-20-22-16(23)12-3-1-2-4-15(12)21-17(22)24/h1-9,19H,(H,21,24)/b20-9+. The van der Waals surface area contributed by atoms with Crippen molar-refractivity contribution in [3.8, 4) is 0 Å². The van der Waals surface area contributed by atoms with Gasteiger partial charge in [0.25, 0.3) is 5.56 Å². The van der Waals surface area contributed by atoms with Crippen molar-refractivity contribution < 1.29 is 0 Å². The molecule has 0 atom stereocenters. The summed E-state index contributed by atoms with van der Waals surface area (Å²) in [5, 5.41) is 5.84. The van der Waals surface area contributed by atoms with Gasteiger partial charge in [0.15, 0.2) is 0 Å². The van der Waals surface area contributed by atoms with Gasteiger partial charge >= 0.3 is 0 Å². The third-order valence-corrected chi connectivity index (χ3v) is 4.54. The van der Waals surface area contributed by atoms with Gasteiger partial charge in [-0.2, -0.15) is 9.78 Å². The zero-order valence-electron chi connectivity index (χ0n) is 12.3. The molecule has 118 valence electrons. The number of aromatic nitrogens is 3. The lowest BCUT2D eigenvalue weighted by atomic mass is 10.2. The zero-order chi connectivity index (χ0) is 16.7. The Hall–Kier alpha value is -2.51. The van der Waals surface area contributed by atoms with Crippen LogP contribution in [0.3, 0.4) is 0 Å². The number of H-pyrrole nitrogens is 2. The van der Waals surface area contributed by atoms with E-state index in [1.54, 1.807) is 12.3 Å². The average molecular weight is 399 g/mol. The number of nitrogens with zero attached hydrogens (tertiary/aromatic N) is 2. The Morgan fingerprint density at radius 2 is 1.96 bits per heavy atom. The van der Waals surface area contributed by atoms with Gasteiger partial charge in [-0.1, -0.05) is 28.1 Å². The van der Waals surface area contributed by atoms with E-state index >= 15 is 0 Å². The molecule has 0 saturated heterocycles. The van der Waals surface area contributed by atoms with Gasteiger partial charge in [0.2, 0.25) is 4.77 Å². The Balaban J connectivity index is 1.87. The second kappa shape index (κ2) is 5.85. The van der Waals surface area contributed by atoms with Crippen molar-refractivity contribution in [2.45, 2.75) is 0 Å². The van der Waals surface area contributed by atoms with Crippen molar-refractivity contribution in [2.24, 2.45) is 5.10 Å². The molecule has 0 aliphatic carbocycles. The summed E-state index contributed by atoms with van der Waals surface area (Å²) in [7, 11) is 0. The number of hydrogen-bond donors (Lipinski definition) is 2. The quantitative estimate of drug-likeness (QED) is 0.392. The molecule has 24 heavy (non-hydrogen) atoms. The summed E-state index contributed by atoms with van der Waals surface area (Å²) in [6.45, 7) is 0. The fraction of sp³-hybridized carbons (Fsp3) is 0. The highest BCUT2D eigenvalue weighted by Crippen LogP contribution is 2.21. The molecule has 2 heterocycles. The molecule has 2 aromatic heterocycles. The molecule has 0 amide bonds. The van der Waals surface area contributed by atoms with E-state index in [1.165, 1.54) is 4.68 Å². The van der Waals surface area contributed by atoms with Crippen LogP contribution >= 0.6 is 28.1 Å². The van der Waals surface area contributed by atoms with Crippen LogP contribution in [-0.2, 0) is 0 Å². The molecule has 5 nitrogen and oxygen atoms in total. The minimum atomic E-state index is -0.244. The van der Waals surface area contributed by atoms with Crippen LogP contribution in [0.5, 0.6) is 0 Å². The van der Waals surface area contributed by atoms with Gasteiger partial charge in [0, 0.05) is 27.1 Å². The van der Waals surface area contributed by atoms with E-state index in [1.807, 2.05) is 42.6 Å². The minimum absolute atomic E-state index is 0.244. The summed E-state index contributed by atoms with van der Waals surface area (Å²) in [5.74, 6) is 0. The maximum Gasteiger partial charge on any atom is 0.282 e. The normalized spacial score (nSPS) is 11.7. The molecule has 0 saturated carbocycles. The van der Waals surface area contributed by atoms with Gasteiger partial charge in [0.05, 0.1) is 17.1 Å². The third-order valence-electron chi connectivity index (χ3n) is 3.77. The summed E-state index contributed by atoms with van der Waals surface area (Å²) in [5.41, 5.74) is 2.33. The van der Waals surface area contributed by atoms with E-state index in [9.17, 15) is 4.79 Å². The summed E-state index contributed by atoms with van der Waals surface area (Å²) in [4.78, 5) is 18.8. The van der Waals surface area contributed by atoms with Gasteiger partial charge in [0.1, 0.15) is 0 Å². The lowest BCUT2D eigenvalue weighted by Gasteiger charge is -2.02. The van der Waals surface area contributed by atoms with Gasteiger partial charge in [-0.05, 0) is 42.5 Å². The SMILES string of the molecule is O=c1c2ccccc2[nH]c(=S)n1/N=C/c1c[nH]c2ccc(Br)cc12. The molecule has 0 fully saturated rings. The smallest absolute Gasteiger partial charge is 0.282 e. The number of fused-ring (bicyclic) bond motifs is 2. The fourth-order valence-electron chi connectivity index (χ4n) is 2.60. The van der Waals surface area contributed by atoms with Crippen LogP contribution in [-0.4, -0.2) is 20.9 Å². The molecule has 0 bridgehead atoms. The Morgan fingerprint density at radius 1 is 1.12 bits per heavy atom. The first-order chi connectivity index (χ1) is 11.6. The first-order valence-corrected chi connectivity index (χ1v) is 8.39. The van der Waals surface area contributed by atoms with Crippen LogP contribution in [0, 0.1) is 4.77 Å². The van der Waals surface area contributed by atoms with Crippen molar-refractivity contribution >= 4 is 56.2 Å². The van der Waals surface area contributed by atoms with E-state index < -0.39 is 0 Å². The Bertz CT molecular complexity index is 1220. The van der Waals surface area contributed by atoms with Crippen LogP contribution in [0.1, 0.15) is 5.56 Å². The second-order valence-corrected chi connectivity index (χ2v) is 6.57. The summed E-state index contributed by atoms with van der Waals surface area (Å²) >= 11 is 8.72. The molecule has 2 N–H and O–H groups in total. The van der Waals surface area contributed by atoms with Crippen LogP contribution in [0.25, 0.3) is 21.8 Å². The number of nitrogens with one attached hydrogen (secondary N) is 2. The van der Waals surface area contributed by atoms with Crippen molar-refractivity contribution in [3.63, 3.8) is 0 Å². The molecular formula is C17H11BrN4OS. The molecule has 4 rings (SSSR count). The summed E-state index contributed by atoms with van der Waals surface area (Å²) in [6, 6.07) is 13.2. The van der Waals surface area contributed by atoms with Crippen molar-refractivity contribution in [3.05, 3.63) is 73.8 Å². The Morgan fingerprint density at radius 3 is 2.83 bits per heavy atom. The van der Waals surface area contributed by atoms with Crippen LogP contribution in [0.2, 0.25) is 0 Å². The number of hydrogen-bond acceptors (Lipinski definition) is 3. The van der Waals surface area contributed by atoms with E-state index in [4.69, 9.17) is 12.2 Å². The molecule has 2 aromatic carbocycles. The van der Waals surface area contributed by atoms with E-state index in [0.717, 1.165) is 20.9 Å². The fourth-order valence-corrected chi connectivity index (χ4v) is 3.20. The van der Waals surface area contributed by atoms with Crippen LogP contribution in [0.4, 0.5) is 0 Å². The molecule has 0 aliphatic rings. The van der Waals surface area contributed by atoms with Crippen molar-refractivity contribution in [1.29, 1.82) is 0 Å². The summed E-state index contributed by atoms with van der Waals surface area (Å²) < 4.78 is 2.44. The molecular weight excluding hydrogens is 388 g/mol. The van der Waals surface area contributed by atoms with Crippen LogP contribution in [0.15, 0.2) is 63.0 Å². The van der Waals surface area contributed by atoms with Crippen molar-refractivity contribution in [1.82, 2.24) is 14.6 Å². The number of halogens is 1. The zero-order valence-corrected chi connectivity index (χ0v) is 14.7. The number of rotatable bonds is 2. The van der Waals surface area contributed by atoms with Gasteiger partial charge in [-0.15, -0.1) is 0 Å². The predicted octanol–water partition coefficient (Wildman–Crippen LogP) is 4.19. The third kappa shape index (κ3) is 2.51. The minimum Gasteiger partial charge on any atom is -0.361 e. The van der Waals surface area contributed by atoms with E-state index in [-0.39, 0.29) is 10.3 Å². The van der Waals surface area contributed by atoms with Gasteiger partial charge in [-0.25, -0.2) is 0 Å². The highest BCUT2D eigenvalue weighted by Gasteiger charge is 2.05. The van der Waals surface area contributed by atoms with E-state index in [2.05, 4.69) is 31.0 Å². The first-order valence-electron chi connectivity index (χ1n) is 7.18. The molecule has 7 heteroatoms. The Labute approximate surface area is 149 Å². The molecule has 4 aromatic rings. The van der Waals surface area contributed by atoms with Crippen LogP contribution < -0.4 is 5.56 Å². The molecule has 0 unspecified atom stereocenters. The molecule has 0 radical (unpaired) electrons. The van der Waals surface area contributed by atoms with E-state index in [0.29, 0.717) is 10.9 Å². The highest BCUT2D eigenvalue weighted by molar-refractivity contribution is 9.10. The largest absolute Gasteiger partial charge is 0.361 e. The predicted molar refractivity (Wildman–Crippen MR) is 102 cm³/mol. The van der Waals surface area contributed by atoms with Gasteiger partial charge < -0.3 is 9.97 Å². The monoisotopic (exact) mass is 398 g/mol. The van der Waals surface area contributed by atoms with Crippen molar-refractivity contribution in [2.75, 3.05) is 0 Å². The topological polar surface area (TPSA) is 65.9 Å². The number of aromatic amines is 2. The second-order valence-electron chi connectivity index (χ2n) is 5.27. The maximum atomic E-state index is 12.6. The maximum absolute atomic E-state index is 12.6. The molecule has 0 aliphatic heterocycles. The van der Waals surface area contributed by atoms with Gasteiger partial charge in [-0.3, -0.25) is 4.79 Å². The summed E-state index contributed by atoms with van der Waals surface area (Å²) in [6.07, 6.45) is 3.48. The first kappa shape index (κ1) is 15.0. The highest BCUT2D eigenvalue weighted by atomic mass is 79.9.